The molecular weight excluding hydrogens is 588 g/mol. The summed E-state index contributed by atoms with van der Waals surface area (Å²) in [5, 5.41) is 7.51. The molecule has 0 saturated heterocycles. The Balaban J connectivity index is 1.63. The van der Waals surface area contributed by atoms with Gasteiger partial charge < -0.3 is 14.2 Å². The number of nitrogens with zero attached hydrogens (tertiary/aromatic N) is 3. The van der Waals surface area contributed by atoms with Gasteiger partial charge in [-0.25, -0.2) is 43.7 Å². The van der Waals surface area contributed by atoms with Gasteiger partial charge in [-0.3, -0.25) is 16.0 Å². The van der Waals surface area contributed by atoms with E-state index in [4.69, 9.17) is 14.2 Å². The van der Waals surface area contributed by atoms with Crippen LogP contribution in [0.4, 0.5) is 31.4 Å². The van der Waals surface area contributed by atoms with Crippen LogP contribution < -0.4 is 16.0 Å². The van der Waals surface area contributed by atoms with Gasteiger partial charge in [-0.05, 0) is 53.1 Å². The van der Waals surface area contributed by atoms with Crippen LogP contribution in [0, 0.1) is 0 Å². The first kappa shape index (κ1) is 33.1. The van der Waals surface area contributed by atoms with Crippen LogP contribution >= 0.6 is 0 Å². The third kappa shape index (κ3) is 12.6. The maximum absolute atomic E-state index is 12.7. The molecule has 0 radical (unpaired) electrons. The maximum Gasteiger partial charge on any atom is 0.412 e. The van der Waals surface area contributed by atoms with Crippen molar-refractivity contribution in [2.75, 3.05) is 29.2 Å². The van der Waals surface area contributed by atoms with E-state index in [-0.39, 0.29) is 19.6 Å². The Bertz CT molecular complexity index is 1560. The zero-order valence-corrected chi connectivity index (χ0v) is 23.6. The van der Waals surface area contributed by atoms with E-state index >= 15 is 0 Å². The van der Waals surface area contributed by atoms with Gasteiger partial charge >= 0.3 is 18.3 Å². The Morgan fingerprint density at radius 3 is 1.29 bits per heavy atom. The van der Waals surface area contributed by atoms with Crippen molar-refractivity contribution in [3.8, 4) is 0 Å². The first-order chi connectivity index (χ1) is 21.9. The van der Waals surface area contributed by atoms with Crippen molar-refractivity contribution in [3.05, 3.63) is 89.5 Å². The van der Waals surface area contributed by atoms with E-state index in [1.54, 1.807) is 72.8 Å². The molecule has 3 aromatic rings. The van der Waals surface area contributed by atoms with Gasteiger partial charge in [0.1, 0.15) is 13.2 Å². The zero-order valence-electron chi connectivity index (χ0n) is 23.6. The molecule has 45 heavy (non-hydrogen) atoms. The average Bonchev–Trinajstić information content (AvgIpc) is 3.03. The first-order valence-corrected chi connectivity index (χ1v) is 13.1. The number of hydrogen-bond acceptors (Lipinski definition) is 12. The molecule has 15 heteroatoms. The topological polar surface area (TPSA) is 203 Å². The highest BCUT2D eigenvalue weighted by molar-refractivity contribution is 5.86. The number of anilines is 3. The summed E-state index contributed by atoms with van der Waals surface area (Å²) in [5.74, 6) is 0. The van der Waals surface area contributed by atoms with Crippen LogP contribution in [-0.2, 0) is 48.2 Å². The monoisotopic (exact) mass is 614 g/mol. The number of nitrogens with one attached hydrogen (secondary N) is 3. The third-order valence-electron chi connectivity index (χ3n) is 5.57. The molecule has 0 aliphatic carbocycles. The Kier molecular flexibility index (Phi) is 13.4. The number of hydrogen-bond donors (Lipinski definition) is 3. The normalized spacial score (nSPS) is 10.4. The molecule has 0 aromatic heterocycles. The molecule has 3 aromatic carbocycles. The van der Waals surface area contributed by atoms with Crippen LogP contribution in [0.15, 0.2) is 87.8 Å². The second-order valence-electron chi connectivity index (χ2n) is 8.92. The Labute approximate surface area is 256 Å². The van der Waals surface area contributed by atoms with Crippen molar-refractivity contribution >= 4 is 53.6 Å². The fraction of sp³-hybridized carbons (Fsp3) is 0.200. The van der Waals surface area contributed by atoms with Gasteiger partial charge in [0.2, 0.25) is 18.2 Å². The number of carbonyl (C=O) groups excluding carboxylic acids is 6. The van der Waals surface area contributed by atoms with Crippen LogP contribution in [0.3, 0.4) is 0 Å². The molecule has 0 atom stereocenters. The van der Waals surface area contributed by atoms with Gasteiger partial charge in [0.05, 0.1) is 19.6 Å². The predicted molar refractivity (Wildman–Crippen MR) is 159 cm³/mol. The number of rotatable bonds is 14. The third-order valence-corrected chi connectivity index (χ3v) is 5.57. The lowest BCUT2D eigenvalue weighted by molar-refractivity contribution is 0.0176. The minimum absolute atomic E-state index is 0.0585. The summed E-state index contributed by atoms with van der Waals surface area (Å²) in [6, 6.07) is 19.4. The van der Waals surface area contributed by atoms with Gasteiger partial charge in [-0.1, -0.05) is 36.4 Å². The molecule has 230 valence electrons. The molecule has 0 fully saturated rings. The summed E-state index contributed by atoms with van der Waals surface area (Å²) >= 11 is 0. The highest BCUT2D eigenvalue weighted by atomic mass is 16.6. The lowest BCUT2D eigenvalue weighted by atomic mass is 10.2. The molecule has 0 saturated carbocycles. The lowest BCUT2D eigenvalue weighted by Crippen LogP contribution is -2.34. The summed E-state index contributed by atoms with van der Waals surface area (Å²) in [7, 11) is 0. The fourth-order valence-corrected chi connectivity index (χ4v) is 3.67. The highest BCUT2D eigenvalue weighted by Crippen LogP contribution is 2.15. The zero-order chi connectivity index (χ0) is 32.3. The number of carbonyl (C=O) groups is 3. The first-order valence-electron chi connectivity index (χ1n) is 13.1. The molecular formula is C30H26N6O9. The lowest BCUT2D eigenvalue weighted by Gasteiger charge is -2.19. The van der Waals surface area contributed by atoms with Crippen LogP contribution in [0.5, 0.6) is 0 Å². The van der Waals surface area contributed by atoms with Crippen molar-refractivity contribution in [2.24, 2.45) is 15.0 Å². The molecule has 0 bridgehead atoms. The predicted octanol–water partition coefficient (Wildman–Crippen LogP) is 4.61. The smallest absolute Gasteiger partial charge is 0.412 e. The Morgan fingerprint density at radius 2 is 0.933 bits per heavy atom. The summed E-state index contributed by atoms with van der Waals surface area (Å²) in [6.07, 6.45) is 0.311. The van der Waals surface area contributed by atoms with Crippen molar-refractivity contribution < 1.29 is 43.0 Å². The molecule has 3 rings (SSSR count). The second-order valence-corrected chi connectivity index (χ2v) is 8.92. The Morgan fingerprint density at radius 1 is 0.578 bits per heavy atom. The maximum atomic E-state index is 12.7. The number of isocyanates is 3. The fourth-order valence-electron chi connectivity index (χ4n) is 3.67. The van der Waals surface area contributed by atoms with Crippen molar-refractivity contribution in [1.29, 1.82) is 0 Å². The Hall–Kier alpha value is -6.39. The van der Waals surface area contributed by atoms with Gasteiger partial charge in [-0.2, -0.15) is 0 Å². The van der Waals surface area contributed by atoms with E-state index in [1.807, 2.05) is 0 Å². The quantitative estimate of drug-likeness (QED) is 0.132. The SMILES string of the molecule is O=C=NCc1cccc(NC(=O)OCC(COC(=O)Nc2cccc(CN=C=O)c2)OC(=O)Nc2cccc(CN=C=O)c2)c1. The van der Waals surface area contributed by atoms with E-state index < -0.39 is 37.6 Å². The van der Waals surface area contributed by atoms with E-state index in [9.17, 15) is 28.8 Å². The molecule has 15 nitrogen and oxygen atoms in total. The van der Waals surface area contributed by atoms with Crippen molar-refractivity contribution in [3.63, 3.8) is 0 Å². The van der Waals surface area contributed by atoms with Crippen LogP contribution in [0.2, 0.25) is 0 Å². The average molecular weight is 615 g/mol. The minimum atomic E-state index is -1.24. The molecule has 3 amide bonds. The van der Waals surface area contributed by atoms with Crippen LogP contribution in [-0.4, -0.2) is 55.8 Å². The van der Waals surface area contributed by atoms with Crippen LogP contribution in [0.1, 0.15) is 16.7 Å². The molecule has 0 unspecified atom stereocenters. The summed E-state index contributed by atoms with van der Waals surface area (Å²) in [4.78, 5) is 79.2. The standard InChI is InChI=1S/C30H26N6O9/c37-18-31-13-21-4-1-7-24(10-21)34-28(40)43-16-27(45-30(42)36-26-9-3-6-23(12-26)15-33-20-39)17-44-29(41)35-25-8-2-5-22(11-25)14-32-19-38/h1-12,27H,13-17H2,(H,34,40)(H,35,41)(H,36,42). The minimum Gasteiger partial charge on any atom is -0.445 e. The number of amides is 3. The molecule has 0 aliphatic heterocycles. The van der Waals surface area contributed by atoms with E-state index in [1.165, 1.54) is 18.2 Å². The largest absolute Gasteiger partial charge is 0.445 e. The molecule has 0 aliphatic rings. The van der Waals surface area contributed by atoms with Crippen LogP contribution in [0.25, 0.3) is 0 Å². The van der Waals surface area contributed by atoms with E-state index in [2.05, 4.69) is 30.9 Å². The number of ether oxygens (including phenoxy) is 3. The second kappa shape index (κ2) is 18.2. The van der Waals surface area contributed by atoms with Gasteiger partial charge in [0.25, 0.3) is 0 Å². The van der Waals surface area contributed by atoms with E-state index in [0.717, 1.165) is 0 Å². The number of aliphatic imine (C=N–C) groups is 3. The number of benzene rings is 3. The van der Waals surface area contributed by atoms with Gasteiger partial charge in [0.15, 0.2) is 6.10 Å². The van der Waals surface area contributed by atoms with Crippen molar-refractivity contribution in [1.82, 2.24) is 0 Å². The van der Waals surface area contributed by atoms with Gasteiger partial charge in [0, 0.05) is 17.1 Å². The van der Waals surface area contributed by atoms with E-state index in [0.29, 0.717) is 33.8 Å². The molecule has 0 spiro atoms. The summed E-state index contributed by atoms with van der Waals surface area (Å²) in [5.41, 5.74) is 2.92. The summed E-state index contributed by atoms with van der Waals surface area (Å²) in [6.45, 7) is -0.807. The summed E-state index contributed by atoms with van der Waals surface area (Å²) < 4.78 is 15.8. The van der Waals surface area contributed by atoms with Crippen molar-refractivity contribution in [2.45, 2.75) is 25.7 Å². The van der Waals surface area contributed by atoms with Gasteiger partial charge in [-0.15, -0.1) is 0 Å². The highest BCUT2D eigenvalue weighted by Gasteiger charge is 2.20. The molecule has 0 heterocycles. The molecule has 3 N–H and O–H groups in total.